The zero-order valence-corrected chi connectivity index (χ0v) is 25.2. The zero-order valence-electron chi connectivity index (χ0n) is 23.6. The molecule has 0 bridgehead atoms. The molecule has 214 valence electrons. The number of alkyl carbamates (subject to hydrolysis) is 1. The molecule has 11 heteroatoms. The number of unbranched alkanes of at least 4 members (excludes halogenated alkanes) is 1. The lowest BCUT2D eigenvalue weighted by Gasteiger charge is -2.25. The molecule has 9 nitrogen and oxygen atoms in total. The normalized spacial score (nSPS) is 17.4. The van der Waals surface area contributed by atoms with E-state index in [-0.39, 0.29) is 24.8 Å². The maximum absolute atomic E-state index is 12.7. The summed E-state index contributed by atoms with van der Waals surface area (Å²) in [5, 5.41) is 9.04. The summed E-state index contributed by atoms with van der Waals surface area (Å²) < 4.78 is 10.7. The Morgan fingerprint density at radius 2 is 1.65 bits per heavy atom. The molecule has 3 unspecified atom stereocenters. The molecule has 0 spiro atoms. The van der Waals surface area contributed by atoms with E-state index in [1.54, 1.807) is 41.5 Å². The van der Waals surface area contributed by atoms with E-state index in [2.05, 4.69) is 16.0 Å². The summed E-state index contributed by atoms with van der Waals surface area (Å²) in [4.78, 5) is 49.6. The summed E-state index contributed by atoms with van der Waals surface area (Å²) in [7, 11) is 3.87. The average molecular weight is 562 g/mol. The predicted molar refractivity (Wildman–Crippen MR) is 150 cm³/mol. The van der Waals surface area contributed by atoms with Gasteiger partial charge in [0, 0.05) is 30.0 Å². The number of esters is 1. The van der Waals surface area contributed by atoms with Crippen LogP contribution in [0.1, 0.15) is 99.8 Å². The number of rotatable bonds is 14. The van der Waals surface area contributed by atoms with Gasteiger partial charge in [0.1, 0.15) is 17.2 Å². The van der Waals surface area contributed by atoms with E-state index < -0.39 is 35.3 Å². The number of amides is 3. The zero-order chi connectivity index (χ0) is 28.1. The first-order valence-electron chi connectivity index (χ1n) is 13.2. The van der Waals surface area contributed by atoms with Crippen molar-refractivity contribution in [1.29, 1.82) is 0 Å². The average Bonchev–Trinajstić information content (AvgIpc) is 3.25. The lowest BCUT2D eigenvalue weighted by atomic mass is 10.1. The summed E-state index contributed by atoms with van der Waals surface area (Å²) in [6.45, 7) is 12.6. The Kier molecular flexibility index (Phi) is 14.8. The van der Waals surface area contributed by atoms with Gasteiger partial charge in [-0.15, -0.1) is 0 Å². The van der Waals surface area contributed by atoms with E-state index in [0.717, 1.165) is 19.3 Å². The first kappa shape index (κ1) is 33.4. The second kappa shape index (κ2) is 16.4. The van der Waals surface area contributed by atoms with Crippen LogP contribution in [0.5, 0.6) is 0 Å². The van der Waals surface area contributed by atoms with E-state index in [1.807, 2.05) is 28.5 Å². The molecule has 3 amide bonds. The highest BCUT2D eigenvalue weighted by molar-refractivity contribution is 8.77. The fourth-order valence-corrected chi connectivity index (χ4v) is 6.65. The van der Waals surface area contributed by atoms with Gasteiger partial charge in [-0.3, -0.25) is 14.4 Å². The highest BCUT2D eigenvalue weighted by atomic mass is 33.1. The van der Waals surface area contributed by atoms with Crippen LogP contribution in [0, 0.1) is 0 Å². The van der Waals surface area contributed by atoms with E-state index in [0.29, 0.717) is 24.5 Å². The van der Waals surface area contributed by atoms with Gasteiger partial charge in [0.05, 0.1) is 6.42 Å². The molecule has 1 aliphatic rings. The Morgan fingerprint density at radius 3 is 2.22 bits per heavy atom. The van der Waals surface area contributed by atoms with Gasteiger partial charge in [-0.05, 0) is 73.6 Å². The van der Waals surface area contributed by atoms with Crippen LogP contribution in [0.3, 0.4) is 0 Å². The molecule has 3 atom stereocenters. The molecular formula is C26H47N3O6S2. The molecule has 0 aliphatic carbocycles. The highest BCUT2D eigenvalue weighted by Crippen LogP contribution is 2.39. The summed E-state index contributed by atoms with van der Waals surface area (Å²) in [5.74, 6) is 0.347. The van der Waals surface area contributed by atoms with Gasteiger partial charge in [0.25, 0.3) is 0 Å². The maximum atomic E-state index is 12.7. The summed E-state index contributed by atoms with van der Waals surface area (Å²) in [6.07, 6.45) is 4.67. The molecule has 0 aromatic heterocycles. The molecule has 0 aromatic rings. The van der Waals surface area contributed by atoms with Crippen molar-refractivity contribution in [2.75, 3.05) is 12.3 Å². The van der Waals surface area contributed by atoms with Crippen molar-refractivity contribution in [3.63, 3.8) is 0 Å². The van der Waals surface area contributed by atoms with Crippen LogP contribution in [-0.2, 0) is 23.9 Å². The topological polar surface area (TPSA) is 123 Å². The van der Waals surface area contributed by atoms with Crippen LogP contribution in [0.4, 0.5) is 4.79 Å². The van der Waals surface area contributed by atoms with Crippen molar-refractivity contribution < 1.29 is 28.7 Å². The minimum Gasteiger partial charge on any atom is -0.460 e. The number of carbonyl (C=O) groups excluding carboxylic acids is 4. The van der Waals surface area contributed by atoms with Gasteiger partial charge < -0.3 is 25.4 Å². The van der Waals surface area contributed by atoms with Crippen molar-refractivity contribution in [1.82, 2.24) is 16.0 Å². The van der Waals surface area contributed by atoms with Crippen molar-refractivity contribution in [2.45, 2.75) is 128 Å². The summed E-state index contributed by atoms with van der Waals surface area (Å²) in [5.41, 5.74) is -1.33. The Hall–Kier alpha value is -1.62. The molecule has 1 aliphatic heterocycles. The molecule has 1 fully saturated rings. The van der Waals surface area contributed by atoms with Crippen LogP contribution < -0.4 is 16.0 Å². The molecule has 37 heavy (non-hydrogen) atoms. The fourth-order valence-electron chi connectivity index (χ4n) is 3.62. The molecule has 1 heterocycles. The largest absolute Gasteiger partial charge is 0.460 e. The summed E-state index contributed by atoms with van der Waals surface area (Å²) >= 11 is 0. The Morgan fingerprint density at radius 1 is 0.973 bits per heavy atom. The third-order valence-corrected chi connectivity index (χ3v) is 8.32. The number of nitrogens with one attached hydrogen (secondary N) is 3. The van der Waals surface area contributed by atoms with E-state index in [4.69, 9.17) is 9.47 Å². The lowest BCUT2D eigenvalue weighted by Crippen LogP contribution is -2.48. The fraction of sp³-hybridized carbons (Fsp3) is 0.846. The molecule has 1 rings (SSSR count). The Labute approximate surface area is 230 Å². The number of hydrogen-bond acceptors (Lipinski definition) is 8. The first-order valence-corrected chi connectivity index (χ1v) is 15.6. The highest BCUT2D eigenvalue weighted by Gasteiger charge is 2.25. The quantitative estimate of drug-likeness (QED) is 0.158. The summed E-state index contributed by atoms with van der Waals surface area (Å²) in [6, 6.07) is -1.21. The second-order valence-electron chi connectivity index (χ2n) is 11.3. The first-order chi connectivity index (χ1) is 17.2. The standard InChI is InChI=1S/C26H47N3O6S2/c1-8-20(29-21(30)12-10-9-11-19-14-16-36-37-19)23(32)27-15-13-18(17-22(31)34-25(2,3)4)28-24(33)35-26(5,6)7/h18-20H,8-17H2,1-7H3,(H,27,32)(H,28,33)(H,29,30). The third kappa shape index (κ3) is 16.8. The number of ether oxygens (including phenoxy) is 2. The Bertz CT molecular complexity index is 716. The van der Waals surface area contributed by atoms with Crippen molar-refractivity contribution in [2.24, 2.45) is 0 Å². The maximum Gasteiger partial charge on any atom is 0.407 e. The second-order valence-corrected chi connectivity index (χ2v) is 14.1. The van der Waals surface area contributed by atoms with E-state index in [1.165, 1.54) is 12.2 Å². The molecule has 0 radical (unpaired) electrons. The van der Waals surface area contributed by atoms with Gasteiger partial charge in [0.2, 0.25) is 11.8 Å². The van der Waals surface area contributed by atoms with Gasteiger partial charge in [-0.25, -0.2) is 4.79 Å². The minimum absolute atomic E-state index is 0.0572. The monoisotopic (exact) mass is 561 g/mol. The Balaban J connectivity index is 2.50. The number of carbonyl (C=O) groups is 4. The van der Waals surface area contributed by atoms with Gasteiger partial charge in [-0.1, -0.05) is 34.9 Å². The van der Waals surface area contributed by atoms with E-state index in [9.17, 15) is 19.2 Å². The molecule has 3 N–H and O–H groups in total. The van der Waals surface area contributed by atoms with Crippen LogP contribution in [-0.4, -0.2) is 64.7 Å². The van der Waals surface area contributed by atoms with Crippen molar-refractivity contribution >= 4 is 45.5 Å². The van der Waals surface area contributed by atoms with Gasteiger partial charge in [-0.2, -0.15) is 0 Å². The van der Waals surface area contributed by atoms with Gasteiger partial charge in [0.15, 0.2) is 0 Å². The molecule has 1 saturated heterocycles. The van der Waals surface area contributed by atoms with Crippen LogP contribution in [0.25, 0.3) is 0 Å². The lowest BCUT2D eigenvalue weighted by molar-refractivity contribution is -0.155. The van der Waals surface area contributed by atoms with Crippen LogP contribution in [0.15, 0.2) is 0 Å². The van der Waals surface area contributed by atoms with Crippen molar-refractivity contribution in [3.05, 3.63) is 0 Å². The predicted octanol–water partition coefficient (Wildman–Crippen LogP) is 4.73. The molecule has 0 aromatic carbocycles. The molecular weight excluding hydrogens is 514 g/mol. The molecule has 0 saturated carbocycles. The van der Waals surface area contributed by atoms with Crippen molar-refractivity contribution in [3.8, 4) is 0 Å². The number of hydrogen-bond donors (Lipinski definition) is 3. The minimum atomic E-state index is -0.685. The van der Waals surface area contributed by atoms with Crippen LogP contribution in [0.2, 0.25) is 0 Å². The SMILES string of the molecule is CCC(NC(=O)CCCCC1CCSS1)C(=O)NCCC(CC(=O)OC(C)(C)C)NC(=O)OC(C)(C)C. The van der Waals surface area contributed by atoms with Gasteiger partial charge >= 0.3 is 12.1 Å². The van der Waals surface area contributed by atoms with E-state index >= 15 is 0 Å². The van der Waals surface area contributed by atoms with Crippen LogP contribution >= 0.6 is 21.6 Å². The third-order valence-electron chi connectivity index (χ3n) is 5.31. The smallest absolute Gasteiger partial charge is 0.407 e.